The average Bonchev–Trinajstić information content (AvgIpc) is 3.29. The Balaban J connectivity index is 1.79. The summed E-state index contributed by atoms with van der Waals surface area (Å²) in [5, 5.41) is 23.4. The molecule has 0 saturated carbocycles. The minimum absolute atomic E-state index is 0.165. The Bertz CT molecular complexity index is 1220. The van der Waals surface area contributed by atoms with Crippen LogP contribution >= 0.6 is 11.6 Å². The SMILES string of the molecule is N#Cc1cn(Cc2ccccc2Cl)c2ccc(-c3cc(C(=O)O)no3)cc12. The molecule has 4 rings (SSSR count). The molecule has 27 heavy (non-hydrogen) atoms. The molecule has 0 unspecified atom stereocenters. The molecule has 0 saturated heterocycles. The van der Waals surface area contributed by atoms with Gasteiger partial charge in [-0.25, -0.2) is 4.79 Å². The van der Waals surface area contributed by atoms with E-state index in [1.807, 2.05) is 34.9 Å². The molecule has 0 aliphatic carbocycles. The number of benzene rings is 2. The molecule has 0 amide bonds. The monoisotopic (exact) mass is 377 g/mol. The molecule has 0 atom stereocenters. The van der Waals surface area contributed by atoms with E-state index < -0.39 is 5.97 Å². The van der Waals surface area contributed by atoms with Crippen LogP contribution in [0.4, 0.5) is 0 Å². The third-order valence-corrected chi connectivity index (χ3v) is 4.68. The van der Waals surface area contributed by atoms with Gasteiger partial charge in [-0.15, -0.1) is 0 Å². The Morgan fingerprint density at radius 2 is 2.07 bits per heavy atom. The van der Waals surface area contributed by atoms with Gasteiger partial charge in [-0.05, 0) is 29.8 Å². The molecule has 7 heteroatoms. The van der Waals surface area contributed by atoms with Crippen LogP contribution in [-0.2, 0) is 6.54 Å². The molecule has 2 heterocycles. The molecule has 0 aliphatic rings. The van der Waals surface area contributed by atoms with Crippen LogP contribution in [0.15, 0.2) is 59.3 Å². The van der Waals surface area contributed by atoms with E-state index in [2.05, 4.69) is 11.2 Å². The predicted molar refractivity (Wildman–Crippen MR) is 99.7 cm³/mol. The normalized spacial score (nSPS) is 10.8. The molecule has 1 N–H and O–H groups in total. The first-order chi connectivity index (χ1) is 13.1. The van der Waals surface area contributed by atoms with Crippen molar-refractivity contribution in [1.82, 2.24) is 9.72 Å². The Hall–Kier alpha value is -3.56. The lowest BCUT2D eigenvalue weighted by Gasteiger charge is -2.07. The maximum atomic E-state index is 11.0. The van der Waals surface area contributed by atoms with Crippen LogP contribution in [-0.4, -0.2) is 20.8 Å². The standard InChI is InChI=1S/C20H12ClN3O3/c21-16-4-2-1-3-13(16)10-24-11-14(9-22)15-7-12(5-6-18(15)24)19-8-17(20(25)26)23-27-19/h1-8,11H,10H2,(H,25,26). The Morgan fingerprint density at radius 3 is 2.78 bits per heavy atom. The number of rotatable bonds is 4. The minimum Gasteiger partial charge on any atom is -0.476 e. The number of hydrogen-bond acceptors (Lipinski definition) is 4. The largest absolute Gasteiger partial charge is 0.476 e. The van der Waals surface area contributed by atoms with Gasteiger partial charge in [0.05, 0.1) is 5.56 Å². The van der Waals surface area contributed by atoms with Crippen LogP contribution in [0, 0.1) is 11.3 Å². The predicted octanol–water partition coefficient (Wildman–Crippen LogP) is 4.57. The average molecular weight is 378 g/mol. The third-order valence-electron chi connectivity index (χ3n) is 4.31. The zero-order chi connectivity index (χ0) is 19.0. The second-order valence-corrected chi connectivity index (χ2v) is 6.39. The number of fused-ring (bicyclic) bond motifs is 1. The number of aromatic nitrogens is 2. The van der Waals surface area contributed by atoms with E-state index in [-0.39, 0.29) is 5.69 Å². The summed E-state index contributed by atoms with van der Waals surface area (Å²) in [7, 11) is 0. The highest BCUT2D eigenvalue weighted by Crippen LogP contribution is 2.29. The van der Waals surface area contributed by atoms with E-state index in [1.165, 1.54) is 6.07 Å². The van der Waals surface area contributed by atoms with Crippen LogP contribution in [0.5, 0.6) is 0 Å². The van der Waals surface area contributed by atoms with Gasteiger partial charge in [-0.1, -0.05) is 35.0 Å². The van der Waals surface area contributed by atoms with Crippen LogP contribution in [0.1, 0.15) is 21.6 Å². The van der Waals surface area contributed by atoms with Gasteiger partial charge in [0.2, 0.25) is 0 Å². The van der Waals surface area contributed by atoms with Crippen molar-refractivity contribution in [1.29, 1.82) is 5.26 Å². The summed E-state index contributed by atoms with van der Waals surface area (Å²) < 4.78 is 7.07. The highest BCUT2D eigenvalue weighted by molar-refractivity contribution is 6.31. The van der Waals surface area contributed by atoms with Gasteiger partial charge in [0.25, 0.3) is 0 Å². The number of carbonyl (C=O) groups is 1. The van der Waals surface area contributed by atoms with E-state index in [4.69, 9.17) is 21.2 Å². The first-order valence-electron chi connectivity index (χ1n) is 8.03. The fourth-order valence-corrected chi connectivity index (χ4v) is 3.19. The molecule has 0 spiro atoms. The number of nitriles is 1. The van der Waals surface area contributed by atoms with Gasteiger partial charge in [-0.2, -0.15) is 5.26 Å². The van der Waals surface area contributed by atoms with Crippen LogP contribution in [0.2, 0.25) is 5.02 Å². The fourth-order valence-electron chi connectivity index (χ4n) is 2.99. The minimum atomic E-state index is -1.16. The summed E-state index contributed by atoms with van der Waals surface area (Å²) in [6.45, 7) is 0.530. The van der Waals surface area contributed by atoms with Crippen LogP contribution in [0.25, 0.3) is 22.2 Å². The lowest BCUT2D eigenvalue weighted by atomic mass is 10.1. The number of carboxylic acid groups (broad SMARTS) is 1. The summed E-state index contributed by atoms with van der Waals surface area (Å²) in [6, 6.07) is 16.6. The highest BCUT2D eigenvalue weighted by atomic mass is 35.5. The van der Waals surface area contributed by atoms with Gasteiger partial charge >= 0.3 is 5.97 Å². The molecule has 0 aliphatic heterocycles. The van der Waals surface area contributed by atoms with Gasteiger partial charge < -0.3 is 14.2 Å². The zero-order valence-electron chi connectivity index (χ0n) is 13.9. The molecule has 2 aromatic carbocycles. The molecular formula is C20H12ClN3O3. The summed E-state index contributed by atoms with van der Waals surface area (Å²) in [4.78, 5) is 11.0. The first-order valence-corrected chi connectivity index (χ1v) is 8.41. The van der Waals surface area contributed by atoms with Crippen molar-refractivity contribution in [2.45, 2.75) is 6.54 Å². The van der Waals surface area contributed by atoms with E-state index >= 15 is 0 Å². The third kappa shape index (κ3) is 3.05. The van der Waals surface area contributed by atoms with Gasteiger partial charge in [0.15, 0.2) is 11.5 Å². The number of hydrogen-bond donors (Lipinski definition) is 1. The number of carboxylic acids is 1. The Labute approximate surface area is 158 Å². The van der Waals surface area contributed by atoms with Crippen LogP contribution < -0.4 is 0 Å². The van der Waals surface area contributed by atoms with Gasteiger partial charge in [0.1, 0.15) is 6.07 Å². The highest BCUT2D eigenvalue weighted by Gasteiger charge is 2.15. The second-order valence-electron chi connectivity index (χ2n) is 5.99. The van der Waals surface area contributed by atoms with Crippen molar-refractivity contribution in [2.75, 3.05) is 0 Å². The summed E-state index contributed by atoms with van der Waals surface area (Å²) in [5.74, 6) is -0.827. The van der Waals surface area contributed by atoms with E-state index in [9.17, 15) is 10.1 Å². The van der Waals surface area contributed by atoms with Crippen molar-refractivity contribution in [3.8, 4) is 17.4 Å². The van der Waals surface area contributed by atoms with Gasteiger partial charge in [0, 0.05) is 40.3 Å². The molecule has 0 radical (unpaired) electrons. The maximum Gasteiger partial charge on any atom is 0.358 e. The number of halogens is 1. The van der Waals surface area contributed by atoms with E-state index in [0.29, 0.717) is 28.5 Å². The summed E-state index contributed by atoms with van der Waals surface area (Å²) >= 11 is 6.25. The first kappa shape index (κ1) is 16.9. The van der Waals surface area contributed by atoms with Gasteiger partial charge in [-0.3, -0.25) is 0 Å². The second kappa shape index (κ2) is 6.63. The van der Waals surface area contributed by atoms with Crippen LogP contribution in [0.3, 0.4) is 0 Å². The fraction of sp³-hybridized carbons (Fsp3) is 0.0500. The molecule has 4 aromatic rings. The van der Waals surface area contributed by atoms with E-state index in [1.54, 1.807) is 18.3 Å². The molecule has 6 nitrogen and oxygen atoms in total. The molecule has 0 bridgehead atoms. The van der Waals surface area contributed by atoms with Crippen molar-refractivity contribution in [2.24, 2.45) is 0 Å². The zero-order valence-corrected chi connectivity index (χ0v) is 14.6. The Kier molecular flexibility index (Phi) is 4.15. The van der Waals surface area contributed by atoms with Crippen molar-refractivity contribution in [3.05, 3.63) is 76.6 Å². The molecule has 132 valence electrons. The maximum absolute atomic E-state index is 11.0. The topological polar surface area (TPSA) is 92.0 Å². The quantitative estimate of drug-likeness (QED) is 0.562. The summed E-state index contributed by atoms with van der Waals surface area (Å²) in [6.07, 6.45) is 1.78. The Morgan fingerprint density at radius 1 is 1.26 bits per heavy atom. The lowest BCUT2D eigenvalue weighted by molar-refractivity contribution is 0.0686. The van der Waals surface area contributed by atoms with Crippen molar-refractivity contribution in [3.63, 3.8) is 0 Å². The summed E-state index contributed by atoms with van der Waals surface area (Å²) in [5.41, 5.74) is 2.81. The van der Waals surface area contributed by atoms with Crippen molar-refractivity contribution >= 4 is 28.5 Å². The molecule has 2 aromatic heterocycles. The molecule has 0 fully saturated rings. The van der Waals surface area contributed by atoms with Crippen molar-refractivity contribution < 1.29 is 14.4 Å². The number of nitrogens with zero attached hydrogens (tertiary/aromatic N) is 3. The molecular weight excluding hydrogens is 366 g/mol. The smallest absolute Gasteiger partial charge is 0.358 e. The van der Waals surface area contributed by atoms with E-state index in [0.717, 1.165) is 16.5 Å². The number of aromatic carboxylic acids is 1. The lowest BCUT2D eigenvalue weighted by Crippen LogP contribution is -1.98.